The maximum Gasteiger partial charge on any atom is 0.513 e. The molecule has 0 aliphatic carbocycles. The summed E-state index contributed by atoms with van der Waals surface area (Å²) in [5.74, 6) is -0.824. The zero-order valence-electron chi connectivity index (χ0n) is 17.3. The number of carbonyl (C=O) groups excluding carboxylic acids is 3. The number of carbonyl (C=O) groups is 3. The summed E-state index contributed by atoms with van der Waals surface area (Å²) in [4.78, 5) is 36.0. The van der Waals surface area contributed by atoms with Crippen molar-refractivity contribution in [3.05, 3.63) is 95.3 Å². The lowest BCUT2D eigenvalue weighted by Crippen LogP contribution is -2.22. The van der Waals surface area contributed by atoms with Gasteiger partial charge in [0.05, 0.1) is 6.61 Å². The molecule has 0 unspecified atom stereocenters. The minimum absolute atomic E-state index is 0.205. The fourth-order valence-electron chi connectivity index (χ4n) is 2.77. The lowest BCUT2D eigenvalue weighted by Gasteiger charge is -2.09. The molecule has 7 nitrogen and oxygen atoms in total. The van der Waals surface area contributed by atoms with Gasteiger partial charge >= 0.3 is 6.16 Å². The Morgan fingerprint density at radius 2 is 1.53 bits per heavy atom. The van der Waals surface area contributed by atoms with E-state index < -0.39 is 12.0 Å². The number of halogens is 1. The van der Waals surface area contributed by atoms with Crippen LogP contribution in [0.25, 0.3) is 0 Å². The van der Waals surface area contributed by atoms with Crippen molar-refractivity contribution in [2.24, 2.45) is 0 Å². The number of ether oxygens (including phenoxy) is 2. The molecule has 0 fully saturated rings. The molecule has 164 valence electrons. The van der Waals surface area contributed by atoms with Gasteiger partial charge in [-0.05, 0) is 73.2 Å². The van der Waals surface area contributed by atoms with Crippen LogP contribution < -0.4 is 15.4 Å². The van der Waals surface area contributed by atoms with Crippen LogP contribution in [0, 0.1) is 5.82 Å². The first-order chi connectivity index (χ1) is 15.4. The van der Waals surface area contributed by atoms with Crippen LogP contribution in [0.15, 0.2) is 72.8 Å². The van der Waals surface area contributed by atoms with E-state index in [9.17, 15) is 18.8 Å². The first kappa shape index (κ1) is 22.5. The lowest BCUT2D eigenvalue weighted by molar-refractivity contribution is 0.0950. The van der Waals surface area contributed by atoms with E-state index in [1.807, 2.05) is 6.07 Å². The van der Waals surface area contributed by atoms with Crippen LogP contribution in [0.3, 0.4) is 0 Å². The molecule has 3 aromatic rings. The summed E-state index contributed by atoms with van der Waals surface area (Å²) >= 11 is 0. The second-order valence-corrected chi connectivity index (χ2v) is 6.65. The van der Waals surface area contributed by atoms with E-state index in [2.05, 4.69) is 10.6 Å². The summed E-state index contributed by atoms with van der Waals surface area (Å²) in [6.45, 7) is 2.11. The van der Waals surface area contributed by atoms with Crippen LogP contribution in [-0.4, -0.2) is 24.6 Å². The smallest absolute Gasteiger partial charge is 0.434 e. The molecule has 0 radical (unpaired) electrons. The third-order valence-corrected chi connectivity index (χ3v) is 4.32. The van der Waals surface area contributed by atoms with E-state index in [1.165, 1.54) is 48.5 Å². The molecule has 3 aromatic carbocycles. The number of rotatable bonds is 7. The molecule has 2 N–H and O–H groups in total. The lowest BCUT2D eigenvalue weighted by atomic mass is 10.1. The first-order valence-electron chi connectivity index (χ1n) is 9.83. The minimum atomic E-state index is -0.809. The minimum Gasteiger partial charge on any atom is -0.434 e. The van der Waals surface area contributed by atoms with Crippen LogP contribution in [0.5, 0.6) is 5.75 Å². The van der Waals surface area contributed by atoms with Crippen LogP contribution in [0.2, 0.25) is 0 Å². The molecule has 0 aliphatic rings. The van der Waals surface area contributed by atoms with Gasteiger partial charge < -0.3 is 20.1 Å². The Hall–Kier alpha value is -4.20. The number of amides is 2. The highest BCUT2D eigenvalue weighted by Gasteiger charge is 2.10. The average molecular weight is 436 g/mol. The van der Waals surface area contributed by atoms with Crippen molar-refractivity contribution in [1.82, 2.24) is 5.32 Å². The van der Waals surface area contributed by atoms with Gasteiger partial charge in [0.15, 0.2) is 0 Å². The fraction of sp³-hybridized carbons (Fsp3) is 0.125. The summed E-state index contributed by atoms with van der Waals surface area (Å²) < 4.78 is 22.7. The van der Waals surface area contributed by atoms with Gasteiger partial charge in [0.1, 0.15) is 11.6 Å². The SMILES string of the molecule is CCOC(=O)Oc1ccc(C(=O)NCc2cccc(NC(=O)c3ccc(F)cc3)c2)cc1. The number of hydrogen-bond acceptors (Lipinski definition) is 5. The summed E-state index contributed by atoms with van der Waals surface area (Å²) in [6, 6.07) is 18.3. The predicted molar refractivity (Wildman–Crippen MR) is 116 cm³/mol. The normalized spacial score (nSPS) is 10.2. The molecule has 0 heterocycles. The third-order valence-electron chi connectivity index (χ3n) is 4.32. The fourth-order valence-corrected chi connectivity index (χ4v) is 2.77. The summed E-state index contributed by atoms with van der Waals surface area (Å²) in [5.41, 5.74) is 2.05. The Kier molecular flexibility index (Phi) is 7.53. The molecule has 0 aliphatic heterocycles. The van der Waals surface area contributed by atoms with Crippen molar-refractivity contribution in [2.45, 2.75) is 13.5 Å². The van der Waals surface area contributed by atoms with E-state index in [4.69, 9.17) is 9.47 Å². The Morgan fingerprint density at radius 1 is 0.875 bits per heavy atom. The van der Waals surface area contributed by atoms with Gasteiger partial charge in [-0.2, -0.15) is 0 Å². The quantitative estimate of drug-likeness (QED) is 0.419. The highest BCUT2D eigenvalue weighted by Crippen LogP contribution is 2.15. The molecule has 2 amide bonds. The molecule has 0 atom stereocenters. The molecule has 0 bridgehead atoms. The topological polar surface area (TPSA) is 93.7 Å². The van der Waals surface area contributed by atoms with E-state index in [1.54, 1.807) is 25.1 Å². The molecule has 8 heteroatoms. The second-order valence-electron chi connectivity index (χ2n) is 6.65. The highest BCUT2D eigenvalue weighted by molar-refractivity contribution is 6.04. The van der Waals surface area contributed by atoms with Gasteiger partial charge in [0.2, 0.25) is 0 Å². The first-order valence-corrected chi connectivity index (χ1v) is 9.83. The van der Waals surface area contributed by atoms with E-state index in [0.717, 1.165) is 5.56 Å². The van der Waals surface area contributed by atoms with Crippen molar-refractivity contribution in [1.29, 1.82) is 0 Å². The van der Waals surface area contributed by atoms with Crippen LogP contribution in [0.1, 0.15) is 33.2 Å². The van der Waals surface area contributed by atoms with E-state index in [0.29, 0.717) is 16.8 Å². The van der Waals surface area contributed by atoms with E-state index >= 15 is 0 Å². The Balaban J connectivity index is 1.55. The van der Waals surface area contributed by atoms with Gasteiger partial charge in [-0.3, -0.25) is 9.59 Å². The van der Waals surface area contributed by atoms with Gasteiger partial charge in [0.25, 0.3) is 11.8 Å². The average Bonchev–Trinajstić information content (AvgIpc) is 2.79. The van der Waals surface area contributed by atoms with Gasteiger partial charge in [-0.1, -0.05) is 12.1 Å². The van der Waals surface area contributed by atoms with Gasteiger partial charge in [-0.15, -0.1) is 0 Å². The maximum absolute atomic E-state index is 13.0. The molecule has 0 saturated heterocycles. The number of nitrogens with one attached hydrogen (secondary N) is 2. The van der Waals surface area contributed by atoms with Crippen LogP contribution >= 0.6 is 0 Å². The van der Waals surface area contributed by atoms with Crippen molar-refractivity contribution in [3.8, 4) is 5.75 Å². The van der Waals surface area contributed by atoms with Gasteiger partial charge in [0, 0.05) is 23.4 Å². The molecule has 0 aromatic heterocycles. The van der Waals surface area contributed by atoms with E-state index in [-0.39, 0.29) is 30.7 Å². The van der Waals surface area contributed by atoms with Gasteiger partial charge in [-0.25, -0.2) is 9.18 Å². The maximum atomic E-state index is 13.0. The summed E-state index contributed by atoms with van der Waals surface area (Å²) in [6.07, 6.45) is -0.809. The Bertz CT molecular complexity index is 1100. The van der Waals surface area contributed by atoms with Crippen molar-refractivity contribution >= 4 is 23.7 Å². The standard InChI is InChI=1S/C24H21FN2O5/c1-2-31-24(30)32-21-12-8-17(9-13-21)22(28)26-15-16-4-3-5-20(14-16)27-23(29)18-6-10-19(25)11-7-18/h3-14H,2,15H2,1H3,(H,26,28)(H,27,29). The molecule has 0 spiro atoms. The number of anilines is 1. The molecule has 3 rings (SSSR count). The van der Waals surface area contributed by atoms with Crippen molar-refractivity contribution in [3.63, 3.8) is 0 Å². The predicted octanol–water partition coefficient (Wildman–Crippen LogP) is 4.54. The van der Waals surface area contributed by atoms with Crippen molar-refractivity contribution in [2.75, 3.05) is 11.9 Å². The third kappa shape index (κ3) is 6.40. The monoisotopic (exact) mass is 436 g/mol. The second kappa shape index (κ2) is 10.7. The zero-order chi connectivity index (χ0) is 22.9. The molecular formula is C24H21FN2O5. The molecule has 32 heavy (non-hydrogen) atoms. The largest absolute Gasteiger partial charge is 0.513 e. The Morgan fingerprint density at radius 3 is 2.22 bits per heavy atom. The number of benzene rings is 3. The van der Waals surface area contributed by atoms with Crippen LogP contribution in [0.4, 0.5) is 14.9 Å². The zero-order valence-corrected chi connectivity index (χ0v) is 17.3. The molecular weight excluding hydrogens is 415 g/mol. The summed E-state index contributed by atoms with van der Waals surface area (Å²) in [5, 5.41) is 5.53. The van der Waals surface area contributed by atoms with Crippen molar-refractivity contribution < 1.29 is 28.2 Å². The Labute approximate surface area is 184 Å². The molecule has 0 saturated carbocycles. The van der Waals surface area contributed by atoms with Crippen LogP contribution in [-0.2, 0) is 11.3 Å². The number of hydrogen-bond donors (Lipinski definition) is 2. The summed E-state index contributed by atoms with van der Waals surface area (Å²) in [7, 11) is 0. The highest BCUT2D eigenvalue weighted by atomic mass is 19.1.